The number of hydrogen-bond donors (Lipinski definition) is 0. The molecule has 2 saturated heterocycles. The number of nitrogens with zero attached hydrogens (tertiary/aromatic N) is 1. The minimum Gasteiger partial charge on any atom is -0.381 e. The molecular formula is C10H18KNO. The van der Waals surface area contributed by atoms with Crippen LogP contribution < -0.4 is 51.4 Å². The number of likely N-dealkylation sites (tertiary alicyclic amines) is 1. The Kier molecular flexibility index (Phi) is 6.73. The van der Waals surface area contributed by atoms with Crippen molar-refractivity contribution < 1.29 is 56.1 Å². The van der Waals surface area contributed by atoms with Gasteiger partial charge in [0.1, 0.15) is 0 Å². The average molecular weight is 207 g/mol. The SMILES string of the molecule is [CH-]1CCCN(C2CCOCC2)C1.[K+]. The van der Waals surface area contributed by atoms with Crippen LogP contribution >= 0.6 is 0 Å². The van der Waals surface area contributed by atoms with Gasteiger partial charge in [-0.05, 0) is 19.4 Å². The summed E-state index contributed by atoms with van der Waals surface area (Å²) in [7, 11) is 0. The van der Waals surface area contributed by atoms with Gasteiger partial charge in [0, 0.05) is 19.3 Å². The Morgan fingerprint density at radius 2 is 2.00 bits per heavy atom. The molecule has 0 unspecified atom stereocenters. The molecular weight excluding hydrogens is 189 g/mol. The Hall–Kier alpha value is 1.56. The fraction of sp³-hybridized carbons (Fsp3) is 0.900. The molecule has 70 valence electrons. The largest absolute Gasteiger partial charge is 1.00 e. The molecule has 2 heterocycles. The summed E-state index contributed by atoms with van der Waals surface area (Å²) in [6.07, 6.45) is 7.58. The van der Waals surface area contributed by atoms with Crippen LogP contribution in [0.5, 0.6) is 0 Å². The summed E-state index contributed by atoms with van der Waals surface area (Å²) in [5, 5.41) is 0. The van der Waals surface area contributed by atoms with E-state index in [1.54, 1.807) is 0 Å². The van der Waals surface area contributed by atoms with Crippen LogP contribution in [-0.4, -0.2) is 37.2 Å². The van der Waals surface area contributed by atoms with Crippen LogP contribution in [-0.2, 0) is 4.74 Å². The third-order valence-corrected chi connectivity index (χ3v) is 2.92. The van der Waals surface area contributed by atoms with Crippen molar-refractivity contribution in [1.82, 2.24) is 4.90 Å². The van der Waals surface area contributed by atoms with Gasteiger partial charge in [0.15, 0.2) is 0 Å². The Morgan fingerprint density at radius 3 is 2.62 bits per heavy atom. The quantitative estimate of drug-likeness (QED) is 0.382. The minimum absolute atomic E-state index is 0. The smallest absolute Gasteiger partial charge is 0.381 e. The predicted molar refractivity (Wildman–Crippen MR) is 48.9 cm³/mol. The molecule has 0 atom stereocenters. The van der Waals surface area contributed by atoms with Crippen LogP contribution in [0.15, 0.2) is 0 Å². The molecule has 13 heavy (non-hydrogen) atoms. The maximum absolute atomic E-state index is 5.35. The van der Waals surface area contributed by atoms with Crippen molar-refractivity contribution in [2.75, 3.05) is 26.3 Å². The van der Waals surface area contributed by atoms with Gasteiger partial charge in [-0.25, -0.2) is 0 Å². The molecule has 2 nitrogen and oxygen atoms in total. The minimum atomic E-state index is 0. The topological polar surface area (TPSA) is 12.5 Å². The fourth-order valence-corrected chi connectivity index (χ4v) is 2.17. The van der Waals surface area contributed by atoms with Crippen LogP contribution in [0.4, 0.5) is 0 Å². The number of hydrogen-bond acceptors (Lipinski definition) is 2. The van der Waals surface area contributed by atoms with Gasteiger partial charge in [-0.1, -0.05) is 6.42 Å². The molecule has 2 aliphatic heterocycles. The third-order valence-electron chi connectivity index (χ3n) is 2.92. The van der Waals surface area contributed by atoms with Gasteiger partial charge in [-0.2, -0.15) is 6.42 Å². The van der Waals surface area contributed by atoms with Crippen molar-refractivity contribution in [2.45, 2.75) is 31.7 Å². The zero-order chi connectivity index (χ0) is 8.23. The first-order valence-corrected chi connectivity index (χ1v) is 5.10. The van der Waals surface area contributed by atoms with E-state index in [1.807, 2.05) is 0 Å². The molecule has 0 N–H and O–H groups in total. The second-order valence-electron chi connectivity index (χ2n) is 3.77. The van der Waals surface area contributed by atoms with Crippen LogP contribution in [0, 0.1) is 6.42 Å². The van der Waals surface area contributed by atoms with E-state index in [9.17, 15) is 0 Å². The molecule has 0 aliphatic carbocycles. The monoisotopic (exact) mass is 207 g/mol. The summed E-state index contributed by atoms with van der Waals surface area (Å²) in [6.45, 7) is 4.47. The maximum Gasteiger partial charge on any atom is 1.00 e. The van der Waals surface area contributed by atoms with Gasteiger partial charge in [-0.15, -0.1) is 6.54 Å². The molecule has 0 saturated carbocycles. The van der Waals surface area contributed by atoms with Crippen molar-refractivity contribution in [1.29, 1.82) is 0 Å². The Labute approximate surface area is 124 Å². The number of piperidine rings is 1. The second-order valence-corrected chi connectivity index (χ2v) is 3.77. The summed E-state index contributed by atoms with van der Waals surface area (Å²) in [5.74, 6) is 0. The summed E-state index contributed by atoms with van der Waals surface area (Å²) in [5.41, 5.74) is 0. The second kappa shape index (κ2) is 6.93. The summed E-state index contributed by atoms with van der Waals surface area (Å²) in [6, 6.07) is 0.815. The van der Waals surface area contributed by atoms with Crippen molar-refractivity contribution in [2.24, 2.45) is 0 Å². The zero-order valence-corrected chi connectivity index (χ0v) is 11.8. The Balaban J connectivity index is 0.000000845. The number of rotatable bonds is 1. The molecule has 0 spiro atoms. The molecule has 2 fully saturated rings. The standard InChI is InChI=1S/C10H18NO.K/c1-2-6-11(7-3-1)10-4-8-12-9-5-10;/h2,10H,1,3-9H2;/q-1;+1. The summed E-state index contributed by atoms with van der Waals surface area (Å²) >= 11 is 0. The zero-order valence-electron chi connectivity index (χ0n) is 8.67. The molecule has 0 radical (unpaired) electrons. The molecule has 2 aliphatic rings. The first-order valence-electron chi connectivity index (χ1n) is 5.10. The van der Waals surface area contributed by atoms with Gasteiger partial charge in [0.2, 0.25) is 0 Å². The van der Waals surface area contributed by atoms with E-state index in [0.717, 1.165) is 19.3 Å². The van der Waals surface area contributed by atoms with Gasteiger partial charge in [0.05, 0.1) is 0 Å². The van der Waals surface area contributed by atoms with Crippen LogP contribution in [0.3, 0.4) is 0 Å². The van der Waals surface area contributed by atoms with Crippen molar-refractivity contribution in [3.05, 3.63) is 6.42 Å². The average Bonchev–Trinajstić information content (AvgIpc) is 2.21. The normalized spacial score (nSPS) is 26.8. The van der Waals surface area contributed by atoms with Crippen molar-refractivity contribution in [3.8, 4) is 0 Å². The first kappa shape index (κ1) is 12.6. The van der Waals surface area contributed by atoms with E-state index in [-0.39, 0.29) is 51.4 Å². The molecule has 0 aromatic heterocycles. The third kappa shape index (κ3) is 3.90. The summed E-state index contributed by atoms with van der Waals surface area (Å²) in [4.78, 5) is 2.62. The van der Waals surface area contributed by atoms with E-state index < -0.39 is 0 Å². The first-order chi connectivity index (χ1) is 5.97. The molecule has 0 aromatic carbocycles. The molecule has 0 bridgehead atoms. The van der Waals surface area contributed by atoms with E-state index in [1.165, 1.54) is 38.8 Å². The van der Waals surface area contributed by atoms with Gasteiger partial charge < -0.3 is 16.1 Å². The number of ether oxygens (including phenoxy) is 1. The molecule has 3 heteroatoms. The molecule has 2 rings (SSSR count). The van der Waals surface area contributed by atoms with Crippen LogP contribution in [0.1, 0.15) is 25.7 Å². The Bertz CT molecular complexity index is 115. The van der Waals surface area contributed by atoms with E-state index in [2.05, 4.69) is 11.3 Å². The van der Waals surface area contributed by atoms with Gasteiger partial charge in [-0.3, -0.25) is 0 Å². The van der Waals surface area contributed by atoms with E-state index in [0.29, 0.717) is 0 Å². The van der Waals surface area contributed by atoms with Crippen molar-refractivity contribution >= 4 is 0 Å². The van der Waals surface area contributed by atoms with Gasteiger partial charge in [0.25, 0.3) is 0 Å². The fourth-order valence-electron chi connectivity index (χ4n) is 2.17. The van der Waals surface area contributed by atoms with Crippen LogP contribution in [0.2, 0.25) is 0 Å². The molecule has 0 aromatic rings. The summed E-state index contributed by atoms with van der Waals surface area (Å²) < 4.78 is 5.35. The maximum atomic E-state index is 5.35. The Morgan fingerprint density at radius 1 is 1.23 bits per heavy atom. The predicted octanol–water partition coefficient (Wildman–Crippen LogP) is -1.53. The van der Waals surface area contributed by atoms with E-state index >= 15 is 0 Å². The molecule has 0 amide bonds. The van der Waals surface area contributed by atoms with Crippen LogP contribution in [0.25, 0.3) is 0 Å². The van der Waals surface area contributed by atoms with Crippen molar-refractivity contribution in [3.63, 3.8) is 0 Å². The van der Waals surface area contributed by atoms with Gasteiger partial charge >= 0.3 is 51.4 Å². The van der Waals surface area contributed by atoms with E-state index in [4.69, 9.17) is 4.74 Å².